The van der Waals surface area contributed by atoms with E-state index in [2.05, 4.69) is 5.32 Å². The number of rotatable bonds is 7. The van der Waals surface area contributed by atoms with Crippen LogP contribution in [0.15, 0.2) is 18.2 Å². The van der Waals surface area contributed by atoms with Gasteiger partial charge >= 0.3 is 0 Å². The third-order valence-electron chi connectivity index (χ3n) is 2.85. The predicted molar refractivity (Wildman–Crippen MR) is 71.5 cm³/mol. The molecule has 5 heteroatoms. The number of hydrogen-bond donors (Lipinski definition) is 2. The molecule has 106 valence electrons. The summed E-state index contributed by atoms with van der Waals surface area (Å²) in [5.41, 5.74) is 0.821. The van der Waals surface area contributed by atoms with Gasteiger partial charge in [-0.15, -0.1) is 0 Å². The average molecular weight is 267 g/mol. The van der Waals surface area contributed by atoms with E-state index in [4.69, 9.17) is 14.2 Å². The molecule has 0 fully saturated rings. The van der Waals surface area contributed by atoms with E-state index in [-0.39, 0.29) is 12.9 Å². The first-order valence-corrected chi connectivity index (χ1v) is 6.56. The van der Waals surface area contributed by atoms with Crippen molar-refractivity contribution in [3.63, 3.8) is 0 Å². The monoisotopic (exact) mass is 267 g/mol. The molecule has 1 aliphatic rings. The van der Waals surface area contributed by atoms with E-state index in [0.717, 1.165) is 17.9 Å². The Morgan fingerprint density at radius 1 is 1.32 bits per heavy atom. The Labute approximate surface area is 113 Å². The van der Waals surface area contributed by atoms with Gasteiger partial charge in [-0.05, 0) is 31.5 Å². The molecule has 2 N–H and O–H groups in total. The molecule has 2 rings (SSSR count). The largest absolute Gasteiger partial charge is 0.454 e. The molecule has 1 atom stereocenters. The van der Waals surface area contributed by atoms with Gasteiger partial charge < -0.3 is 24.6 Å². The lowest BCUT2D eigenvalue weighted by atomic mass is 10.1. The molecule has 0 radical (unpaired) electrons. The molecule has 0 bridgehead atoms. The number of aliphatic hydroxyl groups is 1. The van der Waals surface area contributed by atoms with Crippen molar-refractivity contribution in [2.45, 2.75) is 26.1 Å². The Balaban J connectivity index is 1.75. The summed E-state index contributed by atoms with van der Waals surface area (Å²) in [4.78, 5) is 0. The first kappa shape index (κ1) is 14.1. The van der Waals surface area contributed by atoms with Gasteiger partial charge in [0.1, 0.15) is 0 Å². The van der Waals surface area contributed by atoms with Crippen LogP contribution in [0.4, 0.5) is 0 Å². The molecule has 0 aromatic heterocycles. The minimum absolute atomic E-state index is 0.237. The molecule has 1 aliphatic heterocycles. The molecule has 1 unspecified atom stereocenters. The van der Waals surface area contributed by atoms with Crippen LogP contribution in [-0.2, 0) is 4.74 Å². The maximum Gasteiger partial charge on any atom is 0.231 e. The van der Waals surface area contributed by atoms with E-state index >= 15 is 0 Å². The predicted octanol–water partition coefficient (Wildman–Crippen LogP) is 1.46. The molecule has 0 saturated heterocycles. The minimum atomic E-state index is -0.562. The van der Waals surface area contributed by atoms with Crippen LogP contribution in [0, 0.1) is 0 Å². The Bertz CT molecular complexity index is 408. The minimum Gasteiger partial charge on any atom is -0.454 e. The van der Waals surface area contributed by atoms with Crippen LogP contribution in [0.3, 0.4) is 0 Å². The Hall–Kier alpha value is -1.30. The van der Waals surface area contributed by atoms with Gasteiger partial charge in [-0.2, -0.15) is 0 Å². The van der Waals surface area contributed by atoms with Crippen LogP contribution in [0.25, 0.3) is 0 Å². The summed E-state index contributed by atoms with van der Waals surface area (Å²) >= 11 is 0. The molecular formula is C14H21NO4. The molecule has 1 aromatic carbocycles. The second-order valence-electron chi connectivity index (χ2n) is 4.75. The first-order valence-electron chi connectivity index (χ1n) is 6.56. The van der Waals surface area contributed by atoms with Crippen LogP contribution in [-0.4, -0.2) is 37.7 Å². The zero-order valence-corrected chi connectivity index (χ0v) is 11.4. The molecule has 0 aliphatic carbocycles. The van der Waals surface area contributed by atoms with Gasteiger partial charge in [-0.25, -0.2) is 0 Å². The van der Waals surface area contributed by atoms with Crippen LogP contribution in [0.2, 0.25) is 0 Å². The van der Waals surface area contributed by atoms with Crippen molar-refractivity contribution in [2.24, 2.45) is 0 Å². The SMILES string of the molecule is CC(C)OCCNCC(O)c1ccc2c(c1)OCO2. The molecular weight excluding hydrogens is 246 g/mol. The van der Waals surface area contributed by atoms with Crippen molar-refractivity contribution in [1.82, 2.24) is 5.32 Å². The number of benzene rings is 1. The van der Waals surface area contributed by atoms with E-state index < -0.39 is 6.10 Å². The summed E-state index contributed by atoms with van der Waals surface area (Å²) in [7, 11) is 0. The molecule has 1 heterocycles. The number of ether oxygens (including phenoxy) is 3. The Kier molecular flexibility index (Phi) is 5.01. The second-order valence-corrected chi connectivity index (χ2v) is 4.75. The number of hydrogen-bond acceptors (Lipinski definition) is 5. The van der Waals surface area contributed by atoms with Crippen LogP contribution < -0.4 is 14.8 Å². The van der Waals surface area contributed by atoms with Gasteiger partial charge in [0, 0.05) is 13.1 Å². The Morgan fingerprint density at radius 3 is 2.89 bits per heavy atom. The van der Waals surface area contributed by atoms with E-state index in [1.54, 1.807) is 0 Å². The van der Waals surface area contributed by atoms with E-state index in [1.807, 2.05) is 32.0 Å². The van der Waals surface area contributed by atoms with Crippen molar-refractivity contribution >= 4 is 0 Å². The normalized spacial score (nSPS) is 14.9. The molecule has 19 heavy (non-hydrogen) atoms. The fourth-order valence-electron chi connectivity index (χ4n) is 1.84. The number of nitrogens with one attached hydrogen (secondary N) is 1. The topological polar surface area (TPSA) is 60.0 Å². The lowest BCUT2D eigenvalue weighted by molar-refractivity contribution is 0.0781. The van der Waals surface area contributed by atoms with Gasteiger partial charge in [-0.3, -0.25) is 0 Å². The Morgan fingerprint density at radius 2 is 2.11 bits per heavy atom. The van der Waals surface area contributed by atoms with E-state index in [9.17, 15) is 5.11 Å². The molecule has 1 aromatic rings. The summed E-state index contributed by atoms with van der Waals surface area (Å²) < 4.78 is 15.9. The van der Waals surface area contributed by atoms with Crippen LogP contribution in [0.1, 0.15) is 25.5 Å². The summed E-state index contributed by atoms with van der Waals surface area (Å²) in [5.74, 6) is 1.42. The first-order chi connectivity index (χ1) is 9.16. The average Bonchev–Trinajstić information content (AvgIpc) is 2.84. The van der Waals surface area contributed by atoms with Crippen molar-refractivity contribution in [1.29, 1.82) is 0 Å². The fraction of sp³-hybridized carbons (Fsp3) is 0.571. The van der Waals surface area contributed by atoms with Crippen molar-refractivity contribution < 1.29 is 19.3 Å². The van der Waals surface area contributed by atoms with Gasteiger partial charge in [-0.1, -0.05) is 6.07 Å². The van der Waals surface area contributed by atoms with Crippen LogP contribution in [0.5, 0.6) is 11.5 Å². The highest BCUT2D eigenvalue weighted by Crippen LogP contribution is 2.33. The van der Waals surface area contributed by atoms with Gasteiger partial charge in [0.2, 0.25) is 6.79 Å². The number of fused-ring (bicyclic) bond motifs is 1. The summed E-state index contributed by atoms with van der Waals surface area (Å²) in [5, 5.41) is 13.2. The molecule has 0 spiro atoms. The lowest BCUT2D eigenvalue weighted by Crippen LogP contribution is -2.26. The highest BCUT2D eigenvalue weighted by molar-refractivity contribution is 5.45. The number of aliphatic hydroxyl groups excluding tert-OH is 1. The standard InChI is InChI=1S/C14H21NO4/c1-10(2)17-6-5-15-8-12(16)11-3-4-13-14(7-11)19-9-18-13/h3-4,7,10,12,15-16H,5-6,8-9H2,1-2H3. The lowest BCUT2D eigenvalue weighted by Gasteiger charge is -2.13. The summed E-state index contributed by atoms with van der Waals surface area (Å²) in [6, 6.07) is 5.49. The molecule has 0 saturated carbocycles. The van der Waals surface area contributed by atoms with Crippen molar-refractivity contribution in [3.8, 4) is 11.5 Å². The molecule has 5 nitrogen and oxygen atoms in total. The zero-order chi connectivity index (χ0) is 13.7. The summed E-state index contributed by atoms with van der Waals surface area (Å²) in [6.45, 7) is 6.11. The van der Waals surface area contributed by atoms with E-state index in [1.165, 1.54) is 0 Å². The smallest absolute Gasteiger partial charge is 0.231 e. The van der Waals surface area contributed by atoms with E-state index in [0.29, 0.717) is 18.9 Å². The maximum atomic E-state index is 10.1. The van der Waals surface area contributed by atoms with Gasteiger partial charge in [0.05, 0.1) is 18.8 Å². The van der Waals surface area contributed by atoms with Gasteiger partial charge in [0.15, 0.2) is 11.5 Å². The van der Waals surface area contributed by atoms with Crippen LogP contribution >= 0.6 is 0 Å². The molecule has 0 amide bonds. The zero-order valence-electron chi connectivity index (χ0n) is 11.4. The maximum absolute atomic E-state index is 10.1. The highest BCUT2D eigenvalue weighted by atomic mass is 16.7. The van der Waals surface area contributed by atoms with Crippen molar-refractivity contribution in [2.75, 3.05) is 26.5 Å². The third-order valence-corrected chi connectivity index (χ3v) is 2.85. The highest BCUT2D eigenvalue weighted by Gasteiger charge is 2.16. The third kappa shape index (κ3) is 4.09. The quantitative estimate of drug-likeness (QED) is 0.732. The summed E-state index contributed by atoms with van der Waals surface area (Å²) in [6.07, 6.45) is -0.325. The second kappa shape index (κ2) is 6.75. The fourth-order valence-corrected chi connectivity index (χ4v) is 1.84. The van der Waals surface area contributed by atoms with Gasteiger partial charge in [0.25, 0.3) is 0 Å². The van der Waals surface area contributed by atoms with Crippen molar-refractivity contribution in [3.05, 3.63) is 23.8 Å².